The monoisotopic (exact) mass is 307 g/mol. The first-order valence-electron chi connectivity index (χ1n) is 6.42. The summed E-state index contributed by atoms with van der Waals surface area (Å²) in [7, 11) is 0. The fraction of sp³-hybridized carbons (Fsp3) is 0.125. The maximum atomic E-state index is 13.6. The molecule has 5 heteroatoms. The lowest BCUT2D eigenvalue weighted by Gasteiger charge is -2.10. The van der Waals surface area contributed by atoms with Gasteiger partial charge in [-0.25, -0.2) is 8.78 Å². The molecule has 2 aromatic carbocycles. The highest BCUT2D eigenvalue weighted by atomic mass is 35.5. The molecule has 21 heavy (non-hydrogen) atoms. The second-order valence-electron chi connectivity index (χ2n) is 4.85. The Balaban J connectivity index is 1.90. The van der Waals surface area contributed by atoms with Crippen molar-refractivity contribution < 1.29 is 13.2 Å². The zero-order valence-corrected chi connectivity index (χ0v) is 11.7. The summed E-state index contributed by atoms with van der Waals surface area (Å²) < 4.78 is 32.1. The fourth-order valence-electron chi connectivity index (χ4n) is 2.25. The Morgan fingerprint density at radius 1 is 1.14 bits per heavy atom. The van der Waals surface area contributed by atoms with Gasteiger partial charge in [-0.3, -0.25) is 0 Å². The zero-order chi connectivity index (χ0) is 15.0. The summed E-state index contributed by atoms with van der Waals surface area (Å²) in [6, 6.07) is 10.1. The van der Waals surface area contributed by atoms with E-state index in [0.29, 0.717) is 28.2 Å². The molecule has 2 N–H and O–H groups in total. The highest BCUT2D eigenvalue weighted by Crippen LogP contribution is 2.28. The van der Waals surface area contributed by atoms with Crippen molar-refractivity contribution in [3.05, 3.63) is 70.4 Å². The molecule has 0 bridgehead atoms. The molecular formula is C16H12ClF2NO. The predicted octanol–water partition coefficient (Wildman–Crippen LogP) is 4.61. The van der Waals surface area contributed by atoms with Crippen molar-refractivity contribution in [2.75, 3.05) is 0 Å². The van der Waals surface area contributed by atoms with Gasteiger partial charge in [-0.2, -0.15) is 0 Å². The number of hydrogen-bond acceptors (Lipinski definition) is 2. The molecule has 0 aliphatic heterocycles. The highest BCUT2D eigenvalue weighted by Gasteiger charge is 2.16. The Morgan fingerprint density at radius 3 is 2.67 bits per heavy atom. The largest absolute Gasteiger partial charge is 0.456 e. The molecule has 1 aromatic heterocycles. The van der Waals surface area contributed by atoms with E-state index in [1.165, 1.54) is 18.2 Å². The van der Waals surface area contributed by atoms with E-state index in [9.17, 15) is 8.78 Å². The van der Waals surface area contributed by atoms with Crippen LogP contribution in [0.25, 0.3) is 11.0 Å². The molecule has 0 spiro atoms. The SMILES string of the molecule is NC(Cc1ccc(F)cc1Cl)c1cc2cccc(F)c2o1. The Labute approximate surface area is 125 Å². The van der Waals surface area contributed by atoms with Gasteiger partial charge in [0.2, 0.25) is 0 Å². The average Bonchev–Trinajstić information content (AvgIpc) is 2.87. The number of halogens is 3. The molecule has 1 heterocycles. The van der Waals surface area contributed by atoms with Gasteiger partial charge in [0.25, 0.3) is 0 Å². The number of nitrogens with two attached hydrogens (primary N) is 1. The van der Waals surface area contributed by atoms with Crippen molar-refractivity contribution in [3.63, 3.8) is 0 Å². The highest BCUT2D eigenvalue weighted by molar-refractivity contribution is 6.31. The van der Waals surface area contributed by atoms with Gasteiger partial charge >= 0.3 is 0 Å². The lowest BCUT2D eigenvalue weighted by atomic mass is 10.0. The zero-order valence-electron chi connectivity index (χ0n) is 10.9. The van der Waals surface area contributed by atoms with E-state index in [-0.39, 0.29) is 5.58 Å². The van der Waals surface area contributed by atoms with Crippen LogP contribution in [0.3, 0.4) is 0 Å². The van der Waals surface area contributed by atoms with Gasteiger partial charge < -0.3 is 10.2 Å². The first-order chi connectivity index (χ1) is 10.0. The third kappa shape index (κ3) is 2.77. The van der Waals surface area contributed by atoms with E-state index in [2.05, 4.69) is 0 Å². The maximum Gasteiger partial charge on any atom is 0.169 e. The fourth-order valence-corrected chi connectivity index (χ4v) is 2.50. The lowest BCUT2D eigenvalue weighted by molar-refractivity contribution is 0.478. The molecule has 108 valence electrons. The Morgan fingerprint density at radius 2 is 1.95 bits per heavy atom. The summed E-state index contributed by atoms with van der Waals surface area (Å²) in [4.78, 5) is 0. The number of benzene rings is 2. The predicted molar refractivity (Wildman–Crippen MR) is 78.2 cm³/mol. The van der Waals surface area contributed by atoms with Crippen molar-refractivity contribution in [2.45, 2.75) is 12.5 Å². The van der Waals surface area contributed by atoms with E-state index < -0.39 is 17.7 Å². The summed E-state index contributed by atoms with van der Waals surface area (Å²) in [6.07, 6.45) is 0.376. The van der Waals surface area contributed by atoms with Gasteiger partial charge in [-0.1, -0.05) is 29.8 Å². The van der Waals surface area contributed by atoms with E-state index in [1.54, 1.807) is 24.3 Å². The third-order valence-corrected chi connectivity index (χ3v) is 3.69. The van der Waals surface area contributed by atoms with Crippen molar-refractivity contribution in [1.29, 1.82) is 0 Å². The molecule has 0 aliphatic rings. The Hall–Kier alpha value is -1.91. The smallest absolute Gasteiger partial charge is 0.169 e. The van der Waals surface area contributed by atoms with Crippen LogP contribution in [0.15, 0.2) is 46.9 Å². The molecule has 0 fully saturated rings. The topological polar surface area (TPSA) is 39.2 Å². The first-order valence-corrected chi connectivity index (χ1v) is 6.80. The Bertz CT molecular complexity index is 800. The average molecular weight is 308 g/mol. The standard InChI is InChI=1S/C16H12ClF2NO/c17-12-8-11(18)5-4-9(12)6-14(20)15-7-10-2-1-3-13(19)16(10)21-15/h1-5,7-8,14H,6,20H2. The summed E-state index contributed by atoms with van der Waals surface area (Å²) in [5, 5.41) is 0.971. The normalized spacial score (nSPS) is 12.8. The summed E-state index contributed by atoms with van der Waals surface area (Å²) in [5.41, 5.74) is 6.98. The molecule has 2 nitrogen and oxygen atoms in total. The second-order valence-corrected chi connectivity index (χ2v) is 5.26. The number of hydrogen-bond donors (Lipinski definition) is 1. The van der Waals surface area contributed by atoms with E-state index >= 15 is 0 Å². The molecule has 0 saturated carbocycles. The molecule has 1 unspecified atom stereocenters. The summed E-state index contributed by atoms with van der Waals surface area (Å²) in [6.45, 7) is 0. The van der Waals surface area contributed by atoms with Gasteiger partial charge in [0, 0.05) is 10.4 Å². The van der Waals surface area contributed by atoms with Gasteiger partial charge in [-0.15, -0.1) is 0 Å². The van der Waals surface area contributed by atoms with E-state index in [1.807, 2.05) is 0 Å². The molecule has 0 saturated heterocycles. The molecule has 0 amide bonds. The van der Waals surface area contributed by atoms with E-state index in [4.69, 9.17) is 21.8 Å². The Kier molecular flexibility index (Phi) is 3.66. The van der Waals surface area contributed by atoms with Crippen LogP contribution in [0, 0.1) is 11.6 Å². The van der Waals surface area contributed by atoms with Crippen LogP contribution >= 0.6 is 11.6 Å². The molecule has 3 rings (SSSR count). The lowest BCUT2D eigenvalue weighted by Crippen LogP contribution is -2.12. The van der Waals surface area contributed by atoms with Crippen LogP contribution in [0.5, 0.6) is 0 Å². The van der Waals surface area contributed by atoms with Crippen LogP contribution in [0.4, 0.5) is 8.78 Å². The van der Waals surface area contributed by atoms with Crippen molar-refractivity contribution >= 4 is 22.6 Å². The van der Waals surface area contributed by atoms with Crippen LogP contribution in [-0.2, 0) is 6.42 Å². The van der Waals surface area contributed by atoms with Crippen LogP contribution < -0.4 is 5.73 Å². The minimum absolute atomic E-state index is 0.188. The summed E-state index contributed by atoms with van der Waals surface area (Å²) in [5.74, 6) is -0.357. The van der Waals surface area contributed by atoms with E-state index in [0.717, 1.165) is 0 Å². The second kappa shape index (κ2) is 5.47. The quantitative estimate of drug-likeness (QED) is 0.767. The van der Waals surface area contributed by atoms with Crippen molar-refractivity contribution in [3.8, 4) is 0 Å². The molecule has 3 aromatic rings. The van der Waals surface area contributed by atoms with Gasteiger partial charge in [0.05, 0.1) is 6.04 Å². The molecular weight excluding hydrogens is 296 g/mol. The van der Waals surface area contributed by atoms with Crippen LogP contribution in [-0.4, -0.2) is 0 Å². The van der Waals surface area contributed by atoms with Gasteiger partial charge in [-0.05, 0) is 36.2 Å². The van der Waals surface area contributed by atoms with Crippen molar-refractivity contribution in [1.82, 2.24) is 0 Å². The van der Waals surface area contributed by atoms with Crippen molar-refractivity contribution in [2.24, 2.45) is 5.73 Å². The van der Waals surface area contributed by atoms with Gasteiger partial charge in [0.15, 0.2) is 11.4 Å². The number of rotatable bonds is 3. The summed E-state index contributed by atoms with van der Waals surface area (Å²) >= 11 is 5.98. The maximum absolute atomic E-state index is 13.6. The minimum Gasteiger partial charge on any atom is -0.456 e. The third-order valence-electron chi connectivity index (χ3n) is 3.34. The number of fused-ring (bicyclic) bond motifs is 1. The number of furan rings is 1. The number of para-hydroxylation sites is 1. The molecule has 1 atom stereocenters. The molecule has 0 aliphatic carbocycles. The van der Waals surface area contributed by atoms with Gasteiger partial charge in [0.1, 0.15) is 11.6 Å². The first kappa shape index (κ1) is 14.0. The molecule has 0 radical (unpaired) electrons. The van der Waals surface area contributed by atoms with Crippen LogP contribution in [0.1, 0.15) is 17.4 Å². The minimum atomic E-state index is -0.486. The van der Waals surface area contributed by atoms with Crippen LogP contribution in [0.2, 0.25) is 5.02 Å².